The Balaban J connectivity index is 1.22. The minimum absolute atomic E-state index is 0.0119. The van der Waals surface area contributed by atoms with E-state index >= 15 is 0 Å². The maximum atomic E-state index is 12.7. The molecule has 1 aliphatic heterocycles. The van der Waals surface area contributed by atoms with Crippen molar-refractivity contribution < 1.29 is 9.59 Å². The van der Waals surface area contributed by atoms with E-state index in [1.165, 1.54) is 44.2 Å². The Hall–Kier alpha value is -2.63. The van der Waals surface area contributed by atoms with Crippen molar-refractivity contribution in [2.24, 2.45) is 5.92 Å². The van der Waals surface area contributed by atoms with Crippen LogP contribution in [0, 0.1) is 5.92 Å². The number of amides is 2. The number of hydrogen-bond donors (Lipinski definition) is 1. The SMILES string of the molecule is O=C(NCc1cc(C2CC2)n(C2CCCC2)n1)C1CC(=O)N(c2ccccc2)C1. The lowest BCUT2D eigenvalue weighted by molar-refractivity contribution is -0.126. The molecule has 0 spiro atoms. The van der Waals surface area contributed by atoms with Gasteiger partial charge in [0.1, 0.15) is 0 Å². The van der Waals surface area contributed by atoms with Crippen molar-refractivity contribution in [3.63, 3.8) is 0 Å². The number of aromatic nitrogens is 2. The largest absolute Gasteiger partial charge is 0.350 e. The molecule has 6 heteroatoms. The molecule has 1 unspecified atom stereocenters. The Morgan fingerprint density at radius 2 is 1.86 bits per heavy atom. The summed E-state index contributed by atoms with van der Waals surface area (Å²) < 4.78 is 2.25. The van der Waals surface area contributed by atoms with Gasteiger partial charge < -0.3 is 10.2 Å². The molecule has 2 heterocycles. The summed E-state index contributed by atoms with van der Waals surface area (Å²) in [6.45, 7) is 0.882. The molecule has 5 rings (SSSR count). The first-order chi connectivity index (χ1) is 14.2. The third-order valence-corrected chi connectivity index (χ3v) is 6.49. The zero-order valence-corrected chi connectivity index (χ0v) is 16.7. The summed E-state index contributed by atoms with van der Waals surface area (Å²) in [6.07, 6.45) is 7.78. The van der Waals surface area contributed by atoms with Gasteiger partial charge in [0.2, 0.25) is 11.8 Å². The number of nitrogens with zero attached hydrogens (tertiary/aromatic N) is 3. The molecule has 2 saturated carbocycles. The molecular weight excluding hydrogens is 364 g/mol. The van der Waals surface area contributed by atoms with Gasteiger partial charge in [-0.15, -0.1) is 0 Å². The van der Waals surface area contributed by atoms with Crippen LogP contribution in [0.25, 0.3) is 0 Å². The van der Waals surface area contributed by atoms with E-state index in [4.69, 9.17) is 5.10 Å². The highest BCUT2D eigenvalue weighted by Crippen LogP contribution is 2.43. The van der Waals surface area contributed by atoms with E-state index in [0.717, 1.165) is 11.4 Å². The lowest BCUT2D eigenvalue weighted by Crippen LogP contribution is -2.32. The van der Waals surface area contributed by atoms with Gasteiger partial charge in [-0.2, -0.15) is 5.10 Å². The Bertz CT molecular complexity index is 897. The highest BCUT2D eigenvalue weighted by atomic mass is 16.2. The Morgan fingerprint density at radius 1 is 1.10 bits per heavy atom. The molecule has 0 bridgehead atoms. The molecule has 2 amide bonds. The van der Waals surface area contributed by atoms with Crippen molar-refractivity contribution in [3.05, 3.63) is 47.8 Å². The smallest absolute Gasteiger partial charge is 0.227 e. The summed E-state index contributed by atoms with van der Waals surface area (Å²) in [5.74, 6) is 0.306. The van der Waals surface area contributed by atoms with Gasteiger partial charge in [-0.25, -0.2) is 0 Å². The number of carbonyl (C=O) groups is 2. The first-order valence-corrected chi connectivity index (χ1v) is 10.9. The molecule has 2 aromatic rings. The second kappa shape index (κ2) is 7.65. The standard InChI is InChI=1S/C23H28N4O2/c28-22-12-17(15-26(22)19-6-2-1-3-7-19)23(29)24-14-18-13-21(16-10-11-16)27(25-18)20-8-4-5-9-20/h1-3,6-7,13,16-17,20H,4-5,8-12,14-15H2,(H,24,29). The number of para-hydroxylation sites is 1. The van der Waals surface area contributed by atoms with Gasteiger partial charge in [-0.1, -0.05) is 31.0 Å². The summed E-state index contributed by atoms with van der Waals surface area (Å²) in [4.78, 5) is 26.8. The van der Waals surface area contributed by atoms with Crippen LogP contribution in [0.2, 0.25) is 0 Å². The maximum Gasteiger partial charge on any atom is 0.227 e. The highest BCUT2D eigenvalue weighted by molar-refractivity contribution is 6.00. The summed E-state index contributed by atoms with van der Waals surface area (Å²) >= 11 is 0. The van der Waals surface area contributed by atoms with Gasteiger partial charge in [-0.3, -0.25) is 14.3 Å². The highest BCUT2D eigenvalue weighted by Gasteiger charge is 2.35. The molecule has 1 aromatic heterocycles. The van der Waals surface area contributed by atoms with Gasteiger partial charge >= 0.3 is 0 Å². The zero-order valence-electron chi connectivity index (χ0n) is 16.7. The van der Waals surface area contributed by atoms with E-state index in [0.29, 0.717) is 25.0 Å². The van der Waals surface area contributed by atoms with Crippen molar-refractivity contribution in [2.45, 2.75) is 63.5 Å². The predicted molar refractivity (Wildman–Crippen MR) is 110 cm³/mol. The van der Waals surface area contributed by atoms with Gasteiger partial charge in [0.05, 0.1) is 24.2 Å². The van der Waals surface area contributed by atoms with Crippen LogP contribution in [0.5, 0.6) is 0 Å². The van der Waals surface area contributed by atoms with Crippen LogP contribution in [0.15, 0.2) is 36.4 Å². The second-order valence-corrected chi connectivity index (χ2v) is 8.68. The average Bonchev–Trinajstić information content (AvgIpc) is 3.14. The van der Waals surface area contributed by atoms with Crippen LogP contribution < -0.4 is 10.2 Å². The number of benzene rings is 1. The molecule has 1 saturated heterocycles. The minimum atomic E-state index is -0.303. The van der Waals surface area contributed by atoms with Gasteiger partial charge in [-0.05, 0) is 43.9 Å². The fourth-order valence-electron chi connectivity index (χ4n) is 4.74. The summed E-state index contributed by atoms with van der Waals surface area (Å²) in [5.41, 5.74) is 3.15. The van der Waals surface area contributed by atoms with Crippen LogP contribution >= 0.6 is 0 Å². The Kier molecular flexibility index (Phi) is 4.86. The topological polar surface area (TPSA) is 67.2 Å². The minimum Gasteiger partial charge on any atom is -0.350 e. The Morgan fingerprint density at radius 3 is 2.59 bits per heavy atom. The second-order valence-electron chi connectivity index (χ2n) is 8.68. The molecule has 152 valence electrons. The molecule has 29 heavy (non-hydrogen) atoms. The van der Waals surface area contributed by atoms with Crippen molar-refractivity contribution in [2.75, 3.05) is 11.4 Å². The molecular formula is C23H28N4O2. The fourth-order valence-corrected chi connectivity index (χ4v) is 4.74. The number of anilines is 1. The van der Waals surface area contributed by atoms with E-state index in [2.05, 4.69) is 16.1 Å². The molecule has 2 aliphatic carbocycles. The summed E-state index contributed by atoms with van der Waals surface area (Å²) in [5, 5.41) is 7.88. The summed E-state index contributed by atoms with van der Waals surface area (Å²) in [7, 11) is 0. The molecule has 0 radical (unpaired) electrons. The van der Waals surface area contributed by atoms with Crippen molar-refractivity contribution in [1.29, 1.82) is 0 Å². The molecule has 6 nitrogen and oxygen atoms in total. The maximum absolute atomic E-state index is 12.7. The van der Waals surface area contributed by atoms with Crippen molar-refractivity contribution in [1.82, 2.24) is 15.1 Å². The average molecular weight is 393 g/mol. The predicted octanol–water partition coefficient (Wildman–Crippen LogP) is 3.54. The normalized spacial score (nSPS) is 22.4. The number of rotatable bonds is 6. The monoisotopic (exact) mass is 392 g/mol. The van der Waals surface area contributed by atoms with Crippen LogP contribution in [-0.2, 0) is 16.1 Å². The third-order valence-electron chi connectivity index (χ3n) is 6.49. The van der Waals surface area contributed by atoms with Crippen LogP contribution in [0.4, 0.5) is 5.69 Å². The lowest BCUT2D eigenvalue weighted by Gasteiger charge is -2.16. The van der Waals surface area contributed by atoms with Crippen molar-refractivity contribution in [3.8, 4) is 0 Å². The fraction of sp³-hybridized carbons (Fsp3) is 0.522. The first kappa shape index (κ1) is 18.4. The van der Waals surface area contributed by atoms with E-state index in [-0.39, 0.29) is 24.2 Å². The zero-order chi connectivity index (χ0) is 19.8. The number of hydrogen-bond acceptors (Lipinski definition) is 3. The third kappa shape index (κ3) is 3.80. The van der Waals surface area contributed by atoms with E-state index in [1.54, 1.807) is 4.90 Å². The van der Waals surface area contributed by atoms with Crippen LogP contribution in [0.1, 0.15) is 68.3 Å². The van der Waals surface area contributed by atoms with Gasteiger partial charge in [0.25, 0.3) is 0 Å². The molecule has 1 aromatic carbocycles. The number of carbonyl (C=O) groups excluding carboxylic acids is 2. The van der Waals surface area contributed by atoms with E-state index < -0.39 is 0 Å². The molecule has 1 atom stereocenters. The number of nitrogens with one attached hydrogen (secondary N) is 1. The summed E-state index contributed by atoms with van der Waals surface area (Å²) in [6, 6.07) is 12.3. The van der Waals surface area contributed by atoms with E-state index in [9.17, 15) is 9.59 Å². The van der Waals surface area contributed by atoms with E-state index in [1.807, 2.05) is 30.3 Å². The first-order valence-electron chi connectivity index (χ1n) is 10.9. The van der Waals surface area contributed by atoms with Crippen molar-refractivity contribution >= 4 is 17.5 Å². The van der Waals surface area contributed by atoms with Gasteiger partial charge in [0, 0.05) is 30.3 Å². The lowest BCUT2D eigenvalue weighted by atomic mass is 10.1. The quantitative estimate of drug-likeness (QED) is 0.818. The van der Waals surface area contributed by atoms with Crippen LogP contribution in [0.3, 0.4) is 0 Å². The van der Waals surface area contributed by atoms with Gasteiger partial charge in [0.15, 0.2) is 0 Å². The Labute approximate surface area is 171 Å². The molecule has 1 N–H and O–H groups in total. The van der Waals surface area contributed by atoms with Crippen LogP contribution in [-0.4, -0.2) is 28.1 Å². The molecule has 3 aliphatic rings. The molecule has 3 fully saturated rings.